The van der Waals surface area contributed by atoms with E-state index in [-0.39, 0.29) is 6.92 Å². The molecule has 1 unspecified atom stereocenters. The van der Waals surface area contributed by atoms with E-state index in [1.165, 1.54) is 0 Å². The highest BCUT2D eigenvalue weighted by atomic mass is 19.4. The molecule has 1 aliphatic rings. The Balaban J connectivity index is 3.46. The molecule has 0 amide bonds. The molecule has 0 heterocycles. The Hall–Kier alpha value is -1.62. The predicted octanol–water partition coefficient (Wildman–Crippen LogP) is 6.25. The normalized spacial score (nSPS) is 23.0. The first-order chi connectivity index (χ1) is 14.7. The summed E-state index contributed by atoms with van der Waals surface area (Å²) in [6.45, 7) is -0.108. The summed E-state index contributed by atoms with van der Waals surface area (Å²) in [7, 11) is 0. The van der Waals surface area contributed by atoms with Crippen LogP contribution in [0.5, 0.6) is 0 Å². The third-order valence-electron chi connectivity index (χ3n) is 5.71. The molecule has 18 heteroatoms. The molecule has 1 saturated carbocycles. The van der Waals surface area contributed by atoms with Gasteiger partial charge in [0.25, 0.3) is 5.60 Å². The first kappa shape index (κ1) is 30.4. The van der Waals surface area contributed by atoms with Crippen molar-refractivity contribution in [2.24, 2.45) is 17.8 Å². The third-order valence-corrected chi connectivity index (χ3v) is 5.71. The number of alkyl halides is 15. The van der Waals surface area contributed by atoms with E-state index < -0.39 is 91.5 Å². The minimum atomic E-state index is -6.66. The first-order valence-corrected chi connectivity index (χ1v) is 9.04. The average Bonchev–Trinajstić information content (AvgIpc) is 2.60. The molecule has 0 saturated heterocycles. The Morgan fingerprint density at radius 1 is 0.676 bits per heavy atom. The van der Waals surface area contributed by atoms with Gasteiger partial charge in [0.05, 0.1) is 0 Å². The molecular formula is C16H15F15O3. The van der Waals surface area contributed by atoms with Crippen molar-refractivity contribution in [3.63, 3.8) is 0 Å². The number of carbonyl (C=O) groups is 1. The predicted molar refractivity (Wildman–Crippen MR) is 78.7 cm³/mol. The highest BCUT2D eigenvalue weighted by molar-refractivity contribution is 5.73. The minimum absolute atomic E-state index is 0.108. The molecule has 202 valence electrons. The molecule has 1 fully saturated rings. The highest BCUT2D eigenvalue weighted by Crippen LogP contribution is 2.58. The van der Waals surface area contributed by atoms with Crippen LogP contribution in [0.4, 0.5) is 65.9 Å². The summed E-state index contributed by atoms with van der Waals surface area (Å²) in [6.07, 6.45) is -38.7. The zero-order valence-electron chi connectivity index (χ0n) is 16.5. The smallest absolute Gasteiger partial charge is 0.437 e. The van der Waals surface area contributed by atoms with Crippen LogP contribution < -0.4 is 0 Å². The summed E-state index contributed by atoms with van der Waals surface area (Å²) in [5.74, 6) is -12.5. The largest absolute Gasteiger partial charge is 0.439 e. The summed E-state index contributed by atoms with van der Waals surface area (Å²) in [5, 5.41) is 9.32. The van der Waals surface area contributed by atoms with E-state index in [2.05, 4.69) is 4.74 Å². The fourth-order valence-electron chi connectivity index (χ4n) is 3.74. The van der Waals surface area contributed by atoms with Gasteiger partial charge < -0.3 is 9.84 Å². The lowest BCUT2D eigenvalue weighted by Crippen LogP contribution is -2.66. The molecule has 0 radical (unpaired) electrons. The van der Waals surface area contributed by atoms with Crippen LogP contribution in [0.1, 0.15) is 32.6 Å². The van der Waals surface area contributed by atoms with Crippen molar-refractivity contribution in [3.8, 4) is 0 Å². The molecule has 0 aromatic rings. The molecule has 1 N–H and O–H groups in total. The van der Waals surface area contributed by atoms with E-state index in [1.807, 2.05) is 0 Å². The second-order valence-electron chi connectivity index (χ2n) is 7.73. The maximum atomic E-state index is 13.6. The lowest BCUT2D eigenvalue weighted by molar-refractivity contribution is -0.400. The lowest BCUT2D eigenvalue weighted by Gasteiger charge is -2.47. The number of rotatable bonds is 4. The summed E-state index contributed by atoms with van der Waals surface area (Å²) in [5.41, 5.74) is -11.1. The van der Waals surface area contributed by atoms with Crippen molar-refractivity contribution >= 4 is 5.97 Å². The molecule has 0 aromatic heterocycles. The van der Waals surface area contributed by atoms with Gasteiger partial charge in [0.15, 0.2) is 0 Å². The van der Waals surface area contributed by atoms with Crippen LogP contribution in [0.25, 0.3) is 0 Å². The van der Waals surface area contributed by atoms with Crippen molar-refractivity contribution in [2.45, 2.75) is 74.7 Å². The molecule has 0 bridgehead atoms. The van der Waals surface area contributed by atoms with Crippen LogP contribution in [-0.4, -0.2) is 53.2 Å². The van der Waals surface area contributed by atoms with Crippen LogP contribution in [0.3, 0.4) is 0 Å². The number of hydrogen-bond acceptors (Lipinski definition) is 3. The molecule has 1 aliphatic carbocycles. The highest BCUT2D eigenvalue weighted by Gasteiger charge is 2.79. The fourth-order valence-corrected chi connectivity index (χ4v) is 3.74. The molecular weight excluding hydrogens is 525 g/mol. The van der Waals surface area contributed by atoms with Crippen LogP contribution in [0.2, 0.25) is 0 Å². The van der Waals surface area contributed by atoms with Crippen LogP contribution in [-0.2, 0) is 9.53 Å². The van der Waals surface area contributed by atoms with Crippen LogP contribution >= 0.6 is 0 Å². The number of ether oxygens (including phenoxy) is 1. The monoisotopic (exact) mass is 540 g/mol. The Labute approximate surface area is 180 Å². The lowest BCUT2D eigenvalue weighted by atomic mass is 9.67. The molecule has 0 aliphatic heterocycles. The Morgan fingerprint density at radius 3 is 1.26 bits per heavy atom. The first-order valence-electron chi connectivity index (χ1n) is 9.04. The van der Waals surface area contributed by atoms with E-state index in [9.17, 15) is 75.8 Å². The Morgan fingerprint density at radius 2 is 1.00 bits per heavy atom. The summed E-state index contributed by atoms with van der Waals surface area (Å²) < 4.78 is 201. The van der Waals surface area contributed by atoms with Gasteiger partial charge in [0.2, 0.25) is 0 Å². The molecule has 1 atom stereocenters. The number of carbonyl (C=O) groups excluding carboxylic acids is 1. The Kier molecular flexibility index (Phi) is 7.87. The van der Waals surface area contributed by atoms with E-state index >= 15 is 0 Å². The summed E-state index contributed by atoms with van der Waals surface area (Å²) in [6, 6.07) is 0. The van der Waals surface area contributed by atoms with Gasteiger partial charge in [-0.3, -0.25) is 4.79 Å². The fraction of sp³-hybridized carbons (Fsp3) is 0.938. The third kappa shape index (κ3) is 5.15. The SMILES string of the molecule is CC(C(=O)OC(C1CCC(C(O)(C(F)(F)F)C(F)(F)F)CC1)(C(F)(F)F)C(F)(F)F)C(F)(F)F. The van der Waals surface area contributed by atoms with Crippen molar-refractivity contribution in [2.75, 3.05) is 0 Å². The second-order valence-corrected chi connectivity index (χ2v) is 7.73. The summed E-state index contributed by atoms with van der Waals surface area (Å²) >= 11 is 0. The van der Waals surface area contributed by atoms with Crippen molar-refractivity contribution in [3.05, 3.63) is 0 Å². The van der Waals surface area contributed by atoms with Crippen molar-refractivity contribution in [1.82, 2.24) is 0 Å². The average molecular weight is 540 g/mol. The van der Waals surface area contributed by atoms with E-state index in [4.69, 9.17) is 0 Å². The Bertz CT molecular complexity index is 692. The molecule has 3 nitrogen and oxygen atoms in total. The zero-order valence-corrected chi connectivity index (χ0v) is 16.5. The van der Waals surface area contributed by atoms with Gasteiger partial charge in [0, 0.05) is 11.8 Å². The van der Waals surface area contributed by atoms with Crippen LogP contribution in [0.15, 0.2) is 0 Å². The van der Waals surface area contributed by atoms with Crippen molar-refractivity contribution < 1.29 is 80.5 Å². The number of hydrogen-bond donors (Lipinski definition) is 1. The second kappa shape index (κ2) is 8.80. The van der Waals surface area contributed by atoms with Gasteiger partial charge in [-0.15, -0.1) is 0 Å². The van der Waals surface area contributed by atoms with E-state index in [0.717, 1.165) is 0 Å². The quantitative estimate of drug-likeness (QED) is 0.339. The minimum Gasteiger partial charge on any atom is -0.439 e. The van der Waals surface area contributed by atoms with Gasteiger partial charge in [-0.25, -0.2) is 0 Å². The molecule has 1 rings (SSSR count). The molecule has 0 spiro atoms. The number of aliphatic hydroxyl groups is 1. The topological polar surface area (TPSA) is 46.5 Å². The molecule has 34 heavy (non-hydrogen) atoms. The van der Waals surface area contributed by atoms with Gasteiger partial charge >= 0.3 is 42.5 Å². The van der Waals surface area contributed by atoms with E-state index in [0.29, 0.717) is 0 Å². The number of esters is 1. The van der Waals surface area contributed by atoms with Crippen molar-refractivity contribution in [1.29, 1.82) is 0 Å². The molecule has 0 aromatic carbocycles. The van der Waals surface area contributed by atoms with Gasteiger partial charge in [-0.05, 0) is 32.6 Å². The van der Waals surface area contributed by atoms with Gasteiger partial charge in [0.1, 0.15) is 5.92 Å². The zero-order chi connectivity index (χ0) is 27.3. The van der Waals surface area contributed by atoms with Crippen LogP contribution in [0, 0.1) is 17.8 Å². The van der Waals surface area contributed by atoms with Gasteiger partial charge in [-0.1, -0.05) is 0 Å². The maximum absolute atomic E-state index is 13.6. The standard InChI is InChI=1S/C16H15F15O3/c1-6(12(17,18)19)9(32)34-11(15(26,27)28,16(29,30)31)8-4-2-7(3-5-8)10(33,13(20,21)22)14(23,24)25/h6-8,33H,2-5H2,1H3. The number of halogens is 15. The van der Waals surface area contributed by atoms with E-state index in [1.54, 1.807) is 0 Å². The maximum Gasteiger partial charge on any atom is 0.437 e. The van der Waals surface area contributed by atoms with Gasteiger partial charge in [-0.2, -0.15) is 65.9 Å². The summed E-state index contributed by atoms with van der Waals surface area (Å²) in [4.78, 5) is 11.5.